The number of carbonyl (C=O) groups excluding carboxylic acids is 3. The van der Waals surface area contributed by atoms with E-state index in [-0.39, 0.29) is 36.4 Å². The number of carbonyl (C=O) groups is 3. The Hall–Kier alpha value is -3.69. The zero-order valence-corrected chi connectivity index (χ0v) is 25.3. The zero-order chi connectivity index (χ0) is 30.2. The highest BCUT2D eigenvalue weighted by Gasteiger charge is 2.33. The number of sulfonamides is 1. The highest BCUT2D eigenvalue weighted by Crippen LogP contribution is 2.22. The first-order valence-electron chi connectivity index (χ1n) is 13.4. The van der Waals surface area contributed by atoms with Crippen LogP contribution in [0.5, 0.6) is 0 Å². The second-order valence-corrected chi connectivity index (χ2v) is 12.4. The first-order valence-corrected chi connectivity index (χ1v) is 15.6. The van der Waals surface area contributed by atoms with Gasteiger partial charge in [0.05, 0.1) is 11.9 Å². The van der Waals surface area contributed by atoms with E-state index in [9.17, 15) is 22.8 Å². The van der Waals surface area contributed by atoms with Crippen LogP contribution < -0.4 is 9.62 Å². The third-order valence-electron chi connectivity index (χ3n) is 6.73. The van der Waals surface area contributed by atoms with E-state index in [4.69, 9.17) is 11.6 Å². The molecule has 10 heteroatoms. The summed E-state index contributed by atoms with van der Waals surface area (Å²) < 4.78 is 26.8. The molecule has 2 atom stereocenters. The van der Waals surface area contributed by atoms with Crippen LogP contribution in [-0.2, 0) is 32.6 Å². The summed E-state index contributed by atoms with van der Waals surface area (Å²) in [5.41, 5.74) is 2.02. The van der Waals surface area contributed by atoms with Crippen molar-refractivity contribution >= 4 is 44.9 Å². The molecule has 0 aliphatic heterocycles. The van der Waals surface area contributed by atoms with Gasteiger partial charge in [-0.1, -0.05) is 73.1 Å². The summed E-state index contributed by atoms with van der Waals surface area (Å²) in [5, 5.41) is 3.46. The number of anilines is 1. The lowest BCUT2D eigenvalue weighted by atomic mass is 10.0. The van der Waals surface area contributed by atoms with Crippen LogP contribution in [0.1, 0.15) is 48.7 Å². The van der Waals surface area contributed by atoms with Gasteiger partial charge in [0.15, 0.2) is 5.78 Å². The van der Waals surface area contributed by atoms with Crippen molar-refractivity contribution in [1.29, 1.82) is 0 Å². The van der Waals surface area contributed by atoms with Crippen molar-refractivity contribution in [2.75, 3.05) is 17.1 Å². The lowest BCUT2D eigenvalue weighted by molar-refractivity contribution is -0.140. The summed E-state index contributed by atoms with van der Waals surface area (Å²) in [6.45, 7) is 4.67. The van der Waals surface area contributed by atoms with Crippen molar-refractivity contribution in [1.82, 2.24) is 10.2 Å². The van der Waals surface area contributed by atoms with Gasteiger partial charge >= 0.3 is 0 Å². The maximum atomic E-state index is 14.1. The molecule has 0 bridgehead atoms. The normalized spacial score (nSPS) is 12.7. The first-order chi connectivity index (χ1) is 19.4. The molecule has 3 aromatic carbocycles. The minimum absolute atomic E-state index is 0.0237. The third kappa shape index (κ3) is 9.16. The van der Waals surface area contributed by atoms with Gasteiger partial charge in [-0.25, -0.2) is 8.42 Å². The number of hydrogen-bond acceptors (Lipinski definition) is 5. The van der Waals surface area contributed by atoms with E-state index < -0.39 is 28.5 Å². The average molecular weight is 598 g/mol. The van der Waals surface area contributed by atoms with E-state index in [1.807, 2.05) is 44.2 Å². The van der Waals surface area contributed by atoms with E-state index in [1.165, 1.54) is 24.0 Å². The van der Waals surface area contributed by atoms with E-state index in [0.29, 0.717) is 22.6 Å². The number of amides is 2. The molecule has 0 radical (unpaired) electrons. The Bertz CT molecular complexity index is 1480. The Morgan fingerprint density at radius 3 is 2.20 bits per heavy atom. The number of hydrogen-bond donors (Lipinski definition) is 1. The minimum atomic E-state index is -3.94. The SMILES string of the molecule is CC[C@H](C)NC(=O)[C@H](Cc1ccccc1)N(Cc1cccc(Cl)c1)C(=O)CN(c1cccc(C(C)=O)c1)S(C)(=O)=O. The molecule has 0 unspecified atom stereocenters. The summed E-state index contributed by atoms with van der Waals surface area (Å²) in [6.07, 6.45) is 1.91. The maximum absolute atomic E-state index is 14.1. The summed E-state index contributed by atoms with van der Waals surface area (Å²) in [5.74, 6) is -1.16. The van der Waals surface area contributed by atoms with E-state index in [2.05, 4.69) is 5.32 Å². The predicted octanol–water partition coefficient (Wildman–Crippen LogP) is 4.86. The number of nitrogens with one attached hydrogen (secondary N) is 1. The van der Waals surface area contributed by atoms with Gasteiger partial charge in [-0.05, 0) is 55.7 Å². The van der Waals surface area contributed by atoms with Crippen LogP contribution >= 0.6 is 11.6 Å². The van der Waals surface area contributed by atoms with Crippen LogP contribution in [0.15, 0.2) is 78.9 Å². The van der Waals surface area contributed by atoms with Crippen molar-refractivity contribution in [2.24, 2.45) is 0 Å². The molecular weight excluding hydrogens is 562 g/mol. The fraction of sp³-hybridized carbons (Fsp3) is 0.323. The van der Waals surface area contributed by atoms with Crippen molar-refractivity contribution in [3.63, 3.8) is 0 Å². The smallest absolute Gasteiger partial charge is 0.244 e. The molecule has 218 valence electrons. The highest BCUT2D eigenvalue weighted by atomic mass is 35.5. The van der Waals surface area contributed by atoms with E-state index >= 15 is 0 Å². The van der Waals surface area contributed by atoms with Crippen molar-refractivity contribution in [3.8, 4) is 0 Å². The summed E-state index contributed by atoms with van der Waals surface area (Å²) in [7, 11) is -3.94. The molecule has 0 heterocycles. The highest BCUT2D eigenvalue weighted by molar-refractivity contribution is 7.92. The third-order valence-corrected chi connectivity index (χ3v) is 8.11. The molecule has 3 aromatic rings. The zero-order valence-electron chi connectivity index (χ0n) is 23.7. The fourth-order valence-corrected chi connectivity index (χ4v) is 5.38. The van der Waals surface area contributed by atoms with Crippen LogP contribution in [0, 0.1) is 0 Å². The number of halogens is 1. The quantitative estimate of drug-likeness (QED) is 0.283. The lowest BCUT2D eigenvalue weighted by Gasteiger charge is -2.34. The Labute approximate surface area is 247 Å². The van der Waals surface area contributed by atoms with Crippen molar-refractivity contribution < 1.29 is 22.8 Å². The summed E-state index contributed by atoms with van der Waals surface area (Å²) in [4.78, 5) is 41.2. The topological polar surface area (TPSA) is 104 Å². The first kappa shape index (κ1) is 31.8. The standard InChI is InChI=1S/C31H36ClN3O5S/c1-5-22(2)33-31(38)29(18-24-11-7-6-8-12-24)34(20-25-13-9-15-27(32)17-25)30(37)21-35(41(4,39)40)28-16-10-14-26(19-28)23(3)36/h6-17,19,22,29H,5,18,20-21H2,1-4H3,(H,33,38)/t22-,29-/m0/s1. The molecule has 0 saturated carbocycles. The Balaban J connectivity index is 2.08. The molecule has 41 heavy (non-hydrogen) atoms. The second kappa shape index (κ2) is 14.3. The monoisotopic (exact) mass is 597 g/mol. The van der Waals surface area contributed by atoms with Crippen LogP contribution in [0.2, 0.25) is 5.02 Å². The number of ketones is 1. The lowest BCUT2D eigenvalue weighted by Crippen LogP contribution is -2.54. The molecule has 2 amide bonds. The van der Waals surface area contributed by atoms with Crippen LogP contribution in [0.25, 0.3) is 0 Å². The molecule has 3 rings (SSSR count). The predicted molar refractivity (Wildman–Crippen MR) is 162 cm³/mol. The minimum Gasteiger partial charge on any atom is -0.352 e. The Kier molecular flexibility index (Phi) is 11.1. The molecule has 0 saturated heterocycles. The fourth-order valence-electron chi connectivity index (χ4n) is 4.32. The molecule has 0 aromatic heterocycles. The molecule has 8 nitrogen and oxygen atoms in total. The molecule has 0 aliphatic carbocycles. The van der Waals surface area contributed by atoms with Gasteiger partial charge in [-0.2, -0.15) is 0 Å². The Morgan fingerprint density at radius 2 is 1.59 bits per heavy atom. The molecule has 1 N–H and O–H groups in total. The number of nitrogens with zero attached hydrogens (tertiary/aromatic N) is 2. The molecule has 0 fully saturated rings. The van der Waals surface area contributed by atoms with Gasteiger partial charge in [-0.15, -0.1) is 0 Å². The van der Waals surface area contributed by atoms with E-state index in [0.717, 1.165) is 16.1 Å². The van der Waals surface area contributed by atoms with Crippen LogP contribution in [0.3, 0.4) is 0 Å². The van der Waals surface area contributed by atoms with Gasteiger partial charge in [0.1, 0.15) is 12.6 Å². The van der Waals surface area contributed by atoms with Crippen molar-refractivity contribution in [3.05, 3.63) is 101 Å². The van der Waals surface area contributed by atoms with Gasteiger partial charge in [0.25, 0.3) is 0 Å². The summed E-state index contributed by atoms with van der Waals surface area (Å²) >= 11 is 6.23. The molecule has 0 aliphatic rings. The van der Waals surface area contributed by atoms with Gasteiger partial charge in [-0.3, -0.25) is 18.7 Å². The molecular formula is C31H36ClN3O5S. The summed E-state index contributed by atoms with van der Waals surface area (Å²) in [6, 6.07) is 21.3. The van der Waals surface area contributed by atoms with Crippen LogP contribution in [0.4, 0.5) is 5.69 Å². The molecule has 0 spiro atoms. The Morgan fingerprint density at radius 1 is 0.927 bits per heavy atom. The number of rotatable bonds is 13. The maximum Gasteiger partial charge on any atom is 0.244 e. The largest absolute Gasteiger partial charge is 0.352 e. The van der Waals surface area contributed by atoms with Crippen molar-refractivity contribution in [2.45, 2.75) is 52.2 Å². The number of Topliss-reactive ketones (excluding diaryl/α,β-unsaturated/α-hetero) is 1. The number of benzene rings is 3. The van der Waals surface area contributed by atoms with Crippen LogP contribution in [-0.4, -0.2) is 55.8 Å². The average Bonchev–Trinajstić information content (AvgIpc) is 2.93. The van der Waals surface area contributed by atoms with Gasteiger partial charge < -0.3 is 10.2 Å². The van der Waals surface area contributed by atoms with Gasteiger partial charge in [0, 0.05) is 29.6 Å². The second-order valence-electron chi connectivity index (χ2n) is 10.1. The van der Waals surface area contributed by atoms with E-state index in [1.54, 1.807) is 36.4 Å². The van der Waals surface area contributed by atoms with Gasteiger partial charge in [0.2, 0.25) is 21.8 Å².